The van der Waals surface area contributed by atoms with Crippen LogP contribution in [0.15, 0.2) is 115 Å². The molecule has 4 nitrogen and oxygen atoms in total. The van der Waals surface area contributed by atoms with E-state index in [4.69, 9.17) is 6.57 Å². The molecule has 0 atom stereocenters. The van der Waals surface area contributed by atoms with E-state index >= 15 is 0 Å². The average molecular weight is 631 g/mol. The second-order valence-electron chi connectivity index (χ2n) is 12.1. The van der Waals surface area contributed by atoms with Gasteiger partial charge < -0.3 is 9.13 Å². The molecule has 0 bridgehead atoms. The van der Waals surface area contributed by atoms with Gasteiger partial charge in [-0.05, 0) is 85.1 Å². The standard InChI is InChI=1S/C41H25F3N4/c1-24-12-14-32-30-8-4-6-10-35(30)47(38(32)16-24)37-22-34(26-18-28(41(42,43)44)21-29(19-26)46-3)40(20-27(37)23-45)48-36-11-7-5-9-31(36)33-15-13-25(2)17-39(33)48/h4-22H,1-2H3. The summed E-state index contributed by atoms with van der Waals surface area (Å²) in [5.74, 6) is 0. The largest absolute Gasteiger partial charge is 0.415 e. The van der Waals surface area contributed by atoms with Crippen LogP contribution in [-0.2, 0) is 6.18 Å². The predicted octanol–water partition coefficient (Wildman–Crippen LogP) is 11.6. The molecule has 0 saturated heterocycles. The summed E-state index contributed by atoms with van der Waals surface area (Å²) < 4.78 is 46.9. The van der Waals surface area contributed by atoms with Crippen molar-refractivity contribution in [2.24, 2.45) is 0 Å². The van der Waals surface area contributed by atoms with Gasteiger partial charge in [0.15, 0.2) is 5.69 Å². The quantitative estimate of drug-likeness (QED) is 0.179. The molecule has 0 aliphatic carbocycles. The molecule has 0 amide bonds. The van der Waals surface area contributed by atoms with Crippen molar-refractivity contribution < 1.29 is 13.2 Å². The molecule has 0 aliphatic rings. The summed E-state index contributed by atoms with van der Waals surface area (Å²) in [5.41, 5.74) is 6.59. The molecule has 0 N–H and O–H groups in total. The lowest BCUT2D eigenvalue weighted by Crippen LogP contribution is -2.06. The van der Waals surface area contributed by atoms with Crippen molar-refractivity contribution in [2.75, 3.05) is 0 Å². The van der Waals surface area contributed by atoms with Gasteiger partial charge in [-0.1, -0.05) is 60.7 Å². The van der Waals surface area contributed by atoms with E-state index in [1.807, 2.05) is 102 Å². The number of rotatable bonds is 3. The molecular weight excluding hydrogens is 605 g/mol. The molecule has 230 valence electrons. The van der Waals surface area contributed by atoms with Crippen LogP contribution in [0.2, 0.25) is 0 Å². The van der Waals surface area contributed by atoms with Crippen molar-refractivity contribution >= 4 is 49.3 Å². The maximum Gasteiger partial charge on any atom is 0.415 e. The number of halogens is 3. The Balaban J connectivity index is 1.56. The lowest BCUT2D eigenvalue weighted by molar-refractivity contribution is -0.137. The molecule has 0 spiro atoms. The molecule has 0 aliphatic heterocycles. The monoisotopic (exact) mass is 630 g/mol. The third kappa shape index (κ3) is 4.44. The molecule has 8 rings (SSSR count). The summed E-state index contributed by atoms with van der Waals surface area (Å²) >= 11 is 0. The zero-order valence-electron chi connectivity index (χ0n) is 25.9. The first-order valence-electron chi connectivity index (χ1n) is 15.3. The first-order chi connectivity index (χ1) is 23.2. The second kappa shape index (κ2) is 10.6. The number of fused-ring (bicyclic) bond motifs is 6. The number of aromatic nitrogens is 2. The normalized spacial score (nSPS) is 11.8. The summed E-state index contributed by atoms with van der Waals surface area (Å²) in [5, 5.41) is 14.7. The van der Waals surface area contributed by atoms with Crippen LogP contribution in [0.1, 0.15) is 22.3 Å². The third-order valence-corrected chi connectivity index (χ3v) is 9.06. The van der Waals surface area contributed by atoms with Gasteiger partial charge >= 0.3 is 6.18 Å². The number of hydrogen-bond acceptors (Lipinski definition) is 1. The maximum absolute atomic E-state index is 14.3. The Labute approximate surface area is 273 Å². The average Bonchev–Trinajstić information content (AvgIpc) is 3.58. The number of nitriles is 1. The van der Waals surface area contributed by atoms with Gasteiger partial charge in [-0.2, -0.15) is 18.4 Å². The van der Waals surface area contributed by atoms with Crippen LogP contribution >= 0.6 is 0 Å². The smallest absolute Gasteiger partial charge is 0.309 e. The van der Waals surface area contributed by atoms with Crippen LogP contribution in [0.25, 0.3) is 71.0 Å². The summed E-state index contributed by atoms with van der Waals surface area (Å²) in [4.78, 5) is 3.42. The van der Waals surface area contributed by atoms with Gasteiger partial charge in [-0.15, -0.1) is 0 Å². The Kier molecular flexibility index (Phi) is 6.44. The highest BCUT2D eigenvalue weighted by atomic mass is 19.4. The van der Waals surface area contributed by atoms with Crippen molar-refractivity contribution in [1.82, 2.24) is 9.13 Å². The van der Waals surface area contributed by atoms with Gasteiger partial charge in [0, 0.05) is 32.7 Å². The Morgan fingerprint density at radius 2 is 1.17 bits per heavy atom. The fraction of sp³-hybridized carbons (Fsp3) is 0.0732. The molecule has 6 aromatic carbocycles. The van der Waals surface area contributed by atoms with Crippen molar-refractivity contribution in [1.29, 1.82) is 5.26 Å². The molecular formula is C41H25F3N4. The van der Waals surface area contributed by atoms with Crippen LogP contribution in [0.3, 0.4) is 0 Å². The molecule has 48 heavy (non-hydrogen) atoms. The van der Waals surface area contributed by atoms with E-state index in [1.165, 1.54) is 6.07 Å². The molecule has 8 aromatic rings. The number of benzene rings is 6. The second-order valence-corrected chi connectivity index (χ2v) is 12.1. The van der Waals surface area contributed by atoms with Gasteiger partial charge in [0.05, 0.1) is 45.6 Å². The van der Waals surface area contributed by atoms with Gasteiger partial charge in [-0.3, -0.25) is 0 Å². The Hall–Kier alpha value is -6.31. The fourth-order valence-corrected chi connectivity index (χ4v) is 6.94. The van der Waals surface area contributed by atoms with Crippen molar-refractivity contribution in [2.45, 2.75) is 20.0 Å². The van der Waals surface area contributed by atoms with Crippen LogP contribution in [0, 0.1) is 31.8 Å². The summed E-state index contributed by atoms with van der Waals surface area (Å²) in [6, 6.07) is 37.5. The highest BCUT2D eigenvalue weighted by Gasteiger charge is 2.32. The summed E-state index contributed by atoms with van der Waals surface area (Å²) in [6.07, 6.45) is -4.67. The Morgan fingerprint density at radius 1 is 0.625 bits per heavy atom. The topological polar surface area (TPSA) is 38.0 Å². The van der Waals surface area contributed by atoms with Crippen LogP contribution in [-0.4, -0.2) is 9.13 Å². The summed E-state index contributed by atoms with van der Waals surface area (Å²) in [7, 11) is 0. The minimum Gasteiger partial charge on any atom is -0.309 e. The number of hydrogen-bond donors (Lipinski definition) is 0. The zero-order chi connectivity index (χ0) is 33.3. The molecule has 0 fully saturated rings. The lowest BCUT2D eigenvalue weighted by atomic mass is 9.97. The molecule has 7 heteroatoms. The molecule has 0 radical (unpaired) electrons. The first kappa shape index (κ1) is 29.1. The molecule has 0 unspecified atom stereocenters. The number of nitrogens with zero attached hydrogens (tertiary/aromatic N) is 4. The van der Waals surface area contributed by atoms with Crippen LogP contribution < -0.4 is 0 Å². The van der Waals surface area contributed by atoms with E-state index in [0.29, 0.717) is 22.5 Å². The van der Waals surface area contributed by atoms with E-state index < -0.39 is 11.7 Å². The predicted molar refractivity (Wildman–Crippen MR) is 186 cm³/mol. The minimum absolute atomic E-state index is 0.123. The van der Waals surface area contributed by atoms with E-state index in [9.17, 15) is 18.4 Å². The lowest BCUT2D eigenvalue weighted by Gasteiger charge is -2.20. The third-order valence-electron chi connectivity index (χ3n) is 9.06. The minimum atomic E-state index is -4.67. The Bertz CT molecular complexity index is 2710. The van der Waals surface area contributed by atoms with E-state index in [0.717, 1.165) is 66.9 Å². The molecule has 2 aromatic heterocycles. The van der Waals surface area contributed by atoms with Crippen molar-refractivity contribution in [3.8, 4) is 28.6 Å². The van der Waals surface area contributed by atoms with Crippen molar-refractivity contribution in [3.63, 3.8) is 0 Å². The van der Waals surface area contributed by atoms with E-state index in [-0.39, 0.29) is 11.3 Å². The van der Waals surface area contributed by atoms with Crippen molar-refractivity contribution in [3.05, 3.63) is 149 Å². The van der Waals surface area contributed by atoms with E-state index in [2.05, 4.69) is 23.0 Å². The zero-order valence-corrected chi connectivity index (χ0v) is 25.9. The number of para-hydroxylation sites is 2. The van der Waals surface area contributed by atoms with Gasteiger partial charge in [0.2, 0.25) is 0 Å². The van der Waals surface area contributed by atoms with Gasteiger partial charge in [-0.25, -0.2) is 4.85 Å². The van der Waals surface area contributed by atoms with E-state index in [1.54, 1.807) is 6.07 Å². The van der Waals surface area contributed by atoms with Gasteiger partial charge in [0.1, 0.15) is 6.07 Å². The maximum atomic E-state index is 14.3. The first-order valence-corrected chi connectivity index (χ1v) is 15.3. The van der Waals surface area contributed by atoms with Gasteiger partial charge in [0.25, 0.3) is 0 Å². The number of aryl methyl sites for hydroxylation is 2. The fourth-order valence-electron chi connectivity index (χ4n) is 6.94. The SMILES string of the molecule is [C-]#[N+]c1cc(-c2cc(-n3c4ccccc4c4ccc(C)cc43)c(C#N)cc2-n2c3ccccc3c3ccc(C)cc32)cc(C(F)(F)F)c1. The van der Waals surface area contributed by atoms with Crippen LogP contribution in [0.5, 0.6) is 0 Å². The molecule has 2 heterocycles. The highest BCUT2D eigenvalue weighted by molar-refractivity contribution is 6.11. The highest BCUT2D eigenvalue weighted by Crippen LogP contribution is 2.43. The Morgan fingerprint density at radius 3 is 1.71 bits per heavy atom. The summed E-state index contributed by atoms with van der Waals surface area (Å²) in [6.45, 7) is 11.7. The van der Waals surface area contributed by atoms with Crippen LogP contribution in [0.4, 0.5) is 18.9 Å². The molecule has 0 saturated carbocycles. The number of alkyl halides is 3.